The van der Waals surface area contributed by atoms with Crippen molar-refractivity contribution in [1.82, 2.24) is 14.9 Å². The number of rotatable bonds is 6. The number of amides is 2. The van der Waals surface area contributed by atoms with Crippen molar-refractivity contribution < 1.29 is 9.59 Å². The molecule has 1 N–H and O–H groups in total. The van der Waals surface area contributed by atoms with E-state index in [4.69, 9.17) is 0 Å². The Balaban J connectivity index is 1.38. The summed E-state index contributed by atoms with van der Waals surface area (Å²) in [5.74, 6) is -0.437. The molecule has 0 saturated carbocycles. The van der Waals surface area contributed by atoms with Gasteiger partial charge in [0.2, 0.25) is 11.8 Å². The van der Waals surface area contributed by atoms with Gasteiger partial charge >= 0.3 is 0 Å². The van der Waals surface area contributed by atoms with E-state index >= 15 is 0 Å². The first-order chi connectivity index (χ1) is 14.5. The van der Waals surface area contributed by atoms with Crippen molar-refractivity contribution in [2.45, 2.75) is 24.3 Å². The zero-order valence-electron chi connectivity index (χ0n) is 17.0. The van der Waals surface area contributed by atoms with E-state index in [1.54, 1.807) is 29.2 Å². The fraction of sp³-hybridized carbons (Fsp3) is 0.261. The maximum Gasteiger partial charge on any atom is 0.227 e. The van der Waals surface area contributed by atoms with E-state index in [0.717, 1.165) is 21.8 Å². The van der Waals surface area contributed by atoms with Crippen LogP contribution in [0.1, 0.15) is 24.9 Å². The summed E-state index contributed by atoms with van der Waals surface area (Å²) in [4.78, 5) is 32.2. The average Bonchev–Trinajstić information content (AvgIpc) is 3.44. The van der Waals surface area contributed by atoms with Crippen LogP contribution in [0.3, 0.4) is 0 Å². The van der Waals surface area contributed by atoms with Crippen molar-refractivity contribution in [2.75, 3.05) is 17.7 Å². The zero-order chi connectivity index (χ0) is 21.1. The fourth-order valence-electron chi connectivity index (χ4n) is 3.66. The molecule has 1 aromatic heterocycles. The molecule has 30 heavy (non-hydrogen) atoms. The second kappa shape index (κ2) is 8.75. The SMILES string of the molecule is CSc1ccc(N2CC(C(=O)NC(C)c3ccc(-n4ccnc4)cc3)CC2=O)cc1. The number of anilines is 1. The third-order valence-electron chi connectivity index (χ3n) is 5.43. The summed E-state index contributed by atoms with van der Waals surface area (Å²) in [5, 5.41) is 3.06. The molecule has 1 aliphatic heterocycles. The second-order valence-corrected chi connectivity index (χ2v) is 8.27. The van der Waals surface area contributed by atoms with E-state index in [1.165, 1.54) is 0 Å². The zero-order valence-corrected chi connectivity index (χ0v) is 17.8. The van der Waals surface area contributed by atoms with Crippen LogP contribution in [-0.2, 0) is 9.59 Å². The number of nitrogens with one attached hydrogen (secondary N) is 1. The van der Waals surface area contributed by atoms with Gasteiger partial charge in [-0.3, -0.25) is 9.59 Å². The third kappa shape index (κ3) is 4.26. The predicted octanol–water partition coefficient (Wildman–Crippen LogP) is 3.82. The number of imidazole rings is 1. The fourth-order valence-corrected chi connectivity index (χ4v) is 4.06. The Morgan fingerprint density at radius 3 is 2.47 bits per heavy atom. The monoisotopic (exact) mass is 420 g/mol. The summed E-state index contributed by atoms with van der Waals surface area (Å²) in [7, 11) is 0. The average molecular weight is 421 g/mol. The van der Waals surface area contributed by atoms with Gasteiger partial charge in [-0.15, -0.1) is 11.8 Å². The molecule has 6 nitrogen and oxygen atoms in total. The first kappa shape index (κ1) is 20.2. The maximum absolute atomic E-state index is 12.8. The number of hydrogen-bond acceptors (Lipinski definition) is 4. The lowest BCUT2D eigenvalue weighted by Crippen LogP contribution is -2.34. The Morgan fingerprint density at radius 1 is 1.13 bits per heavy atom. The number of aromatic nitrogens is 2. The number of nitrogens with zero attached hydrogens (tertiary/aromatic N) is 3. The van der Waals surface area contributed by atoms with E-state index in [0.29, 0.717) is 6.54 Å². The second-order valence-electron chi connectivity index (χ2n) is 7.40. The molecule has 4 rings (SSSR count). The van der Waals surface area contributed by atoms with Gasteiger partial charge in [0.1, 0.15) is 0 Å². The normalized spacial score (nSPS) is 17.2. The maximum atomic E-state index is 12.8. The molecule has 154 valence electrons. The molecule has 1 saturated heterocycles. The minimum Gasteiger partial charge on any atom is -0.349 e. The molecule has 0 aliphatic carbocycles. The van der Waals surface area contributed by atoms with Crippen molar-refractivity contribution in [1.29, 1.82) is 0 Å². The lowest BCUT2D eigenvalue weighted by Gasteiger charge is -2.19. The van der Waals surface area contributed by atoms with Crippen molar-refractivity contribution >= 4 is 29.3 Å². The molecule has 1 fully saturated rings. The lowest BCUT2D eigenvalue weighted by atomic mass is 10.0. The van der Waals surface area contributed by atoms with Gasteiger partial charge in [0.15, 0.2) is 0 Å². The van der Waals surface area contributed by atoms with Crippen molar-refractivity contribution in [3.05, 3.63) is 72.8 Å². The molecular weight excluding hydrogens is 396 g/mol. The van der Waals surface area contributed by atoms with Crippen molar-refractivity contribution in [3.8, 4) is 5.69 Å². The van der Waals surface area contributed by atoms with Gasteiger partial charge < -0.3 is 14.8 Å². The summed E-state index contributed by atoms with van der Waals surface area (Å²) in [6.45, 7) is 2.37. The van der Waals surface area contributed by atoms with Crippen LogP contribution in [0.25, 0.3) is 5.69 Å². The molecular formula is C23H24N4O2S. The highest BCUT2D eigenvalue weighted by Crippen LogP contribution is 2.28. The first-order valence-corrected chi connectivity index (χ1v) is 11.1. The summed E-state index contributed by atoms with van der Waals surface area (Å²) < 4.78 is 1.93. The third-order valence-corrected chi connectivity index (χ3v) is 6.18. The van der Waals surface area contributed by atoms with Crippen LogP contribution in [0.2, 0.25) is 0 Å². The molecule has 0 radical (unpaired) electrons. The van der Waals surface area contributed by atoms with Crippen LogP contribution >= 0.6 is 11.8 Å². The van der Waals surface area contributed by atoms with Crippen LogP contribution in [0.4, 0.5) is 5.69 Å². The first-order valence-electron chi connectivity index (χ1n) is 9.88. The van der Waals surface area contributed by atoms with Crippen LogP contribution in [0, 0.1) is 5.92 Å². The number of carbonyl (C=O) groups is 2. The Hall–Kier alpha value is -3.06. The molecule has 3 aromatic rings. The molecule has 0 spiro atoms. The minimum atomic E-state index is -0.342. The van der Waals surface area contributed by atoms with Gasteiger partial charge in [-0.1, -0.05) is 12.1 Å². The topological polar surface area (TPSA) is 67.2 Å². The molecule has 2 heterocycles. The van der Waals surface area contributed by atoms with E-state index in [9.17, 15) is 9.59 Å². The van der Waals surface area contributed by atoms with Gasteiger partial charge in [0.25, 0.3) is 0 Å². The molecule has 2 aromatic carbocycles. The minimum absolute atomic E-state index is 0.00982. The highest BCUT2D eigenvalue weighted by Gasteiger charge is 2.35. The van der Waals surface area contributed by atoms with Crippen LogP contribution < -0.4 is 10.2 Å². The summed E-state index contributed by atoms with van der Waals surface area (Å²) in [6, 6.07) is 15.7. The van der Waals surface area contributed by atoms with E-state index in [2.05, 4.69) is 10.3 Å². The quantitative estimate of drug-likeness (QED) is 0.616. The number of carbonyl (C=O) groups excluding carboxylic acids is 2. The molecule has 2 atom stereocenters. The molecule has 0 bridgehead atoms. The molecule has 7 heteroatoms. The van der Waals surface area contributed by atoms with E-state index in [-0.39, 0.29) is 30.2 Å². The van der Waals surface area contributed by atoms with Gasteiger partial charge in [-0.05, 0) is 55.1 Å². The Morgan fingerprint density at radius 2 is 1.83 bits per heavy atom. The molecule has 2 amide bonds. The largest absolute Gasteiger partial charge is 0.349 e. The summed E-state index contributed by atoms with van der Waals surface area (Å²) in [6.07, 6.45) is 7.63. The van der Waals surface area contributed by atoms with Crippen molar-refractivity contribution in [2.24, 2.45) is 5.92 Å². The molecule has 2 unspecified atom stereocenters. The van der Waals surface area contributed by atoms with Crippen LogP contribution in [0.15, 0.2) is 72.1 Å². The Labute approximate surface area is 180 Å². The standard InChI is InChI=1S/C23H24N4O2S/c1-16(17-3-5-19(6-4-17)26-12-11-24-15-26)25-23(29)18-13-22(28)27(14-18)20-7-9-21(30-2)10-8-20/h3-12,15-16,18H,13-14H2,1-2H3,(H,25,29). The van der Waals surface area contributed by atoms with Gasteiger partial charge in [0.05, 0.1) is 18.3 Å². The highest BCUT2D eigenvalue weighted by molar-refractivity contribution is 7.98. The number of benzene rings is 2. The number of hydrogen-bond donors (Lipinski definition) is 1. The van der Waals surface area contributed by atoms with Gasteiger partial charge in [-0.25, -0.2) is 4.98 Å². The Bertz CT molecular complexity index is 1020. The highest BCUT2D eigenvalue weighted by atomic mass is 32.2. The van der Waals surface area contributed by atoms with Crippen molar-refractivity contribution in [3.63, 3.8) is 0 Å². The van der Waals surface area contributed by atoms with E-state index in [1.807, 2.05) is 72.5 Å². The molecule has 1 aliphatic rings. The summed E-state index contributed by atoms with van der Waals surface area (Å²) >= 11 is 1.66. The van der Waals surface area contributed by atoms with E-state index < -0.39 is 0 Å². The van der Waals surface area contributed by atoms with Crippen LogP contribution in [0.5, 0.6) is 0 Å². The van der Waals surface area contributed by atoms with Crippen LogP contribution in [-0.4, -0.2) is 34.2 Å². The smallest absolute Gasteiger partial charge is 0.227 e. The van der Waals surface area contributed by atoms with Gasteiger partial charge in [-0.2, -0.15) is 0 Å². The predicted molar refractivity (Wildman–Crippen MR) is 119 cm³/mol. The Kier molecular flexibility index (Phi) is 5.90. The number of thioether (sulfide) groups is 1. The lowest BCUT2D eigenvalue weighted by molar-refractivity contribution is -0.126. The summed E-state index contributed by atoms with van der Waals surface area (Å²) in [5.41, 5.74) is 2.87. The van der Waals surface area contributed by atoms with Gasteiger partial charge in [0, 0.05) is 41.6 Å².